The predicted octanol–water partition coefficient (Wildman–Crippen LogP) is 0.417. The molecule has 1 saturated heterocycles. The van der Waals surface area contributed by atoms with Gasteiger partial charge in [0, 0.05) is 26.2 Å². The van der Waals surface area contributed by atoms with Crippen molar-refractivity contribution < 1.29 is 4.79 Å². The quantitative estimate of drug-likeness (QED) is 0.823. The van der Waals surface area contributed by atoms with Gasteiger partial charge in [-0.25, -0.2) is 4.98 Å². The Bertz CT molecular complexity index is 439. The van der Waals surface area contributed by atoms with E-state index in [2.05, 4.69) is 20.2 Å². The number of halogens is 1. The van der Waals surface area contributed by atoms with E-state index < -0.39 is 0 Å². The van der Waals surface area contributed by atoms with Gasteiger partial charge in [-0.05, 0) is 19.4 Å². The molecule has 0 spiro atoms. The van der Waals surface area contributed by atoms with Crippen molar-refractivity contribution in [3.63, 3.8) is 0 Å². The molecule has 0 radical (unpaired) electrons. The molecule has 110 valence electrons. The summed E-state index contributed by atoms with van der Waals surface area (Å²) in [5.41, 5.74) is 6.27. The van der Waals surface area contributed by atoms with Crippen molar-refractivity contribution in [2.75, 3.05) is 26.2 Å². The summed E-state index contributed by atoms with van der Waals surface area (Å²) in [6.07, 6.45) is 5.17. The van der Waals surface area contributed by atoms with Gasteiger partial charge in [0.1, 0.15) is 5.15 Å². The fraction of sp³-hybridized carbons (Fsp3) is 0.615. The maximum Gasteiger partial charge on any atom is 0.224 e. The second kappa shape index (κ2) is 7.52. The number of aromatic nitrogens is 2. The Hall–Kier alpha value is -1.24. The standard InChI is InChI=1S/C13H20ClN5O/c14-12-7-17-11(6-18-12)9-19-5-1-2-10(8-19)13(20)16-4-3-15/h6-7,10H,1-5,8-9,15H2,(H,16,20). The minimum absolute atomic E-state index is 0.0376. The number of rotatable bonds is 5. The Kier molecular flexibility index (Phi) is 5.70. The predicted molar refractivity (Wildman–Crippen MR) is 77.1 cm³/mol. The Morgan fingerprint density at radius 2 is 2.35 bits per heavy atom. The molecule has 7 heteroatoms. The number of carbonyl (C=O) groups excluding carboxylic acids is 1. The van der Waals surface area contributed by atoms with E-state index in [0.29, 0.717) is 24.8 Å². The first-order chi connectivity index (χ1) is 9.69. The van der Waals surface area contributed by atoms with Gasteiger partial charge in [0.15, 0.2) is 0 Å². The van der Waals surface area contributed by atoms with Gasteiger partial charge in [-0.15, -0.1) is 0 Å². The molecule has 20 heavy (non-hydrogen) atoms. The first kappa shape index (κ1) is 15.2. The Morgan fingerprint density at radius 1 is 1.50 bits per heavy atom. The molecule has 0 aliphatic carbocycles. The topological polar surface area (TPSA) is 84.1 Å². The zero-order valence-electron chi connectivity index (χ0n) is 11.4. The van der Waals surface area contributed by atoms with Gasteiger partial charge in [-0.3, -0.25) is 14.7 Å². The Morgan fingerprint density at radius 3 is 3.05 bits per heavy atom. The summed E-state index contributed by atoms with van der Waals surface area (Å²) < 4.78 is 0. The van der Waals surface area contributed by atoms with E-state index in [9.17, 15) is 4.79 Å². The second-order valence-corrected chi connectivity index (χ2v) is 5.37. The lowest BCUT2D eigenvalue weighted by atomic mass is 9.97. The van der Waals surface area contributed by atoms with E-state index in [4.69, 9.17) is 17.3 Å². The van der Waals surface area contributed by atoms with E-state index in [1.807, 2.05) is 0 Å². The summed E-state index contributed by atoms with van der Waals surface area (Å²) >= 11 is 5.72. The fourth-order valence-electron chi connectivity index (χ4n) is 2.40. The van der Waals surface area contributed by atoms with Gasteiger partial charge < -0.3 is 11.1 Å². The highest BCUT2D eigenvalue weighted by molar-refractivity contribution is 6.29. The van der Waals surface area contributed by atoms with Crippen LogP contribution in [0.25, 0.3) is 0 Å². The zero-order valence-corrected chi connectivity index (χ0v) is 12.1. The van der Waals surface area contributed by atoms with Crippen LogP contribution in [0.4, 0.5) is 0 Å². The third-order valence-electron chi connectivity index (χ3n) is 3.38. The lowest BCUT2D eigenvalue weighted by molar-refractivity contribution is -0.126. The summed E-state index contributed by atoms with van der Waals surface area (Å²) in [5.74, 6) is 0.137. The number of nitrogens with one attached hydrogen (secondary N) is 1. The average molecular weight is 298 g/mol. The van der Waals surface area contributed by atoms with Crippen LogP contribution in [0.1, 0.15) is 18.5 Å². The molecule has 1 aliphatic rings. The van der Waals surface area contributed by atoms with Crippen LogP contribution in [-0.2, 0) is 11.3 Å². The van der Waals surface area contributed by atoms with Crippen LogP contribution < -0.4 is 11.1 Å². The Balaban J connectivity index is 1.86. The molecule has 3 N–H and O–H groups in total. The largest absolute Gasteiger partial charge is 0.355 e. The molecule has 2 heterocycles. The van der Waals surface area contributed by atoms with E-state index in [0.717, 1.165) is 31.6 Å². The van der Waals surface area contributed by atoms with Gasteiger partial charge in [-0.1, -0.05) is 11.6 Å². The van der Waals surface area contributed by atoms with Crippen LogP contribution in [0.3, 0.4) is 0 Å². The summed E-state index contributed by atoms with van der Waals surface area (Å²) in [4.78, 5) is 22.5. The van der Waals surface area contributed by atoms with Gasteiger partial charge in [0.25, 0.3) is 0 Å². The number of piperidine rings is 1. The number of nitrogens with two attached hydrogens (primary N) is 1. The third kappa shape index (κ3) is 4.40. The van der Waals surface area contributed by atoms with E-state index in [1.54, 1.807) is 12.4 Å². The van der Waals surface area contributed by atoms with E-state index in [-0.39, 0.29) is 11.8 Å². The number of amides is 1. The van der Waals surface area contributed by atoms with Gasteiger partial charge >= 0.3 is 0 Å². The molecule has 1 aliphatic heterocycles. The smallest absolute Gasteiger partial charge is 0.224 e. The molecule has 1 fully saturated rings. The number of nitrogens with zero attached hydrogens (tertiary/aromatic N) is 3. The Labute approximate surface area is 123 Å². The molecule has 0 saturated carbocycles. The first-order valence-electron chi connectivity index (χ1n) is 6.85. The van der Waals surface area contributed by atoms with Crippen LogP contribution in [0, 0.1) is 5.92 Å². The van der Waals surface area contributed by atoms with E-state index in [1.165, 1.54) is 0 Å². The summed E-state index contributed by atoms with van der Waals surface area (Å²) in [6, 6.07) is 0. The maximum absolute atomic E-state index is 12.0. The first-order valence-corrected chi connectivity index (χ1v) is 7.23. The van der Waals surface area contributed by atoms with Gasteiger partial charge in [-0.2, -0.15) is 0 Å². The van der Waals surface area contributed by atoms with Crippen molar-refractivity contribution in [3.05, 3.63) is 23.2 Å². The van der Waals surface area contributed by atoms with Crippen molar-refractivity contribution in [3.8, 4) is 0 Å². The molecular weight excluding hydrogens is 278 g/mol. The van der Waals surface area contributed by atoms with Crippen molar-refractivity contribution in [2.24, 2.45) is 11.7 Å². The van der Waals surface area contributed by atoms with Gasteiger partial charge in [0.05, 0.1) is 24.0 Å². The SMILES string of the molecule is NCCNC(=O)C1CCCN(Cc2cnc(Cl)cn2)C1. The molecule has 0 bridgehead atoms. The molecule has 1 atom stereocenters. The number of likely N-dealkylation sites (tertiary alicyclic amines) is 1. The summed E-state index contributed by atoms with van der Waals surface area (Å²) in [6.45, 7) is 3.44. The van der Waals surface area contributed by atoms with Crippen molar-refractivity contribution in [2.45, 2.75) is 19.4 Å². The molecular formula is C13H20ClN5O. The number of carbonyl (C=O) groups is 1. The van der Waals surface area contributed by atoms with Crippen LogP contribution >= 0.6 is 11.6 Å². The highest BCUT2D eigenvalue weighted by atomic mass is 35.5. The highest BCUT2D eigenvalue weighted by Gasteiger charge is 2.25. The fourth-order valence-corrected chi connectivity index (χ4v) is 2.50. The maximum atomic E-state index is 12.0. The molecule has 6 nitrogen and oxygen atoms in total. The monoisotopic (exact) mass is 297 g/mol. The van der Waals surface area contributed by atoms with Gasteiger partial charge in [0.2, 0.25) is 5.91 Å². The molecule has 0 aromatic carbocycles. The zero-order chi connectivity index (χ0) is 14.4. The van der Waals surface area contributed by atoms with Crippen molar-refractivity contribution >= 4 is 17.5 Å². The summed E-state index contributed by atoms with van der Waals surface area (Å²) in [5, 5.41) is 3.25. The minimum Gasteiger partial charge on any atom is -0.355 e. The number of hydrogen-bond donors (Lipinski definition) is 2. The van der Waals surface area contributed by atoms with Crippen LogP contribution in [0.15, 0.2) is 12.4 Å². The normalized spacial score (nSPS) is 19.8. The molecule has 1 unspecified atom stereocenters. The molecule has 1 aromatic heterocycles. The lowest BCUT2D eigenvalue weighted by Crippen LogP contribution is -2.43. The van der Waals surface area contributed by atoms with Crippen molar-refractivity contribution in [1.29, 1.82) is 0 Å². The minimum atomic E-state index is 0.0376. The lowest BCUT2D eigenvalue weighted by Gasteiger charge is -2.31. The van der Waals surface area contributed by atoms with Crippen LogP contribution in [0.2, 0.25) is 5.15 Å². The average Bonchev–Trinajstić information content (AvgIpc) is 2.47. The highest BCUT2D eigenvalue weighted by Crippen LogP contribution is 2.18. The number of hydrogen-bond acceptors (Lipinski definition) is 5. The third-order valence-corrected chi connectivity index (χ3v) is 3.57. The second-order valence-electron chi connectivity index (χ2n) is 4.98. The van der Waals surface area contributed by atoms with Crippen LogP contribution in [0.5, 0.6) is 0 Å². The summed E-state index contributed by atoms with van der Waals surface area (Å²) in [7, 11) is 0. The van der Waals surface area contributed by atoms with E-state index >= 15 is 0 Å². The van der Waals surface area contributed by atoms with Crippen molar-refractivity contribution in [1.82, 2.24) is 20.2 Å². The molecule has 1 amide bonds. The molecule has 1 aromatic rings. The van der Waals surface area contributed by atoms with Crippen LogP contribution in [-0.4, -0.2) is 47.0 Å². The molecule has 2 rings (SSSR count).